The zero-order valence-corrected chi connectivity index (χ0v) is 22.3. The second-order valence-electron chi connectivity index (χ2n) is 11.8. The Hall–Kier alpha value is -1.88. The van der Waals surface area contributed by atoms with E-state index < -0.39 is 31.3 Å². The Morgan fingerprint density at radius 3 is 1.27 bits per heavy atom. The molecule has 4 nitrogen and oxygen atoms in total. The first-order valence-electron chi connectivity index (χ1n) is 11.8. The lowest BCUT2D eigenvalue weighted by Crippen LogP contribution is -2.43. The standard InChI is InChI=1S/C29H44O4/c1-18-11-22(27(5,6)7)12-19(2)24(18)26(29(15-30,16-31)17-32)33-25-20(3)13-23(14-21(25)4)28(8,9)10/h11-14,26,30-32H,15-17H2,1-10H3. The number of aliphatic hydroxyl groups excluding tert-OH is 3. The van der Waals surface area contributed by atoms with Crippen molar-refractivity contribution in [2.75, 3.05) is 19.8 Å². The van der Waals surface area contributed by atoms with E-state index in [-0.39, 0.29) is 10.8 Å². The summed E-state index contributed by atoms with van der Waals surface area (Å²) in [6, 6.07) is 8.58. The maximum atomic E-state index is 10.3. The van der Waals surface area contributed by atoms with Crippen molar-refractivity contribution < 1.29 is 20.1 Å². The number of benzene rings is 2. The zero-order chi connectivity index (χ0) is 25.4. The van der Waals surface area contributed by atoms with Gasteiger partial charge in [-0.1, -0.05) is 65.8 Å². The summed E-state index contributed by atoms with van der Waals surface area (Å²) in [6.45, 7) is 20.0. The average molecular weight is 457 g/mol. The van der Waals surface area contributed by atoms with Crippen LogP contribution in [0.4, 0.5) is 0 Å². The molecule has 0 amide bonds. The minimum absolute atomic E-state index is 0.00840. The summed E-state index contributed by atoms with van der Waals surface area (Å²) in [7, 11) is 0. The molecule has 2 aromatic rings. The molecule has 0 heterocycles. The van der Waals surface area contributed by atoms with Gasteiger partial charge in [-0.05, 0) is 77.5 Å². The van der Waals surface area contributed by atoms with E-state index >= 15 is 0 Å². The molecule has 1 atom stereocenters. The molecule has 0 saturated heterocycles. The SMILES string of the molecule is Cc1cc(C(C)(C)C)cc(C)c1OC(c1c(C)cc(C(C)(C)C)cc1C)C(CO)(CO)CO. The smallest absolute Gasteiger partial charge is 0.136 e. The number of hydrogen-bond acceptors (Lipinski definition) is 4. The van der Waals surface area contributed by atoms with Crippen LogP contribution >= 0.6 is 0 Å². The summed E-state index contributed by atoms with van der Waals surface area (Å²) in [5, 5.41) is 31.0. The van der Waals surface area contributed by atoms with Crippen molar-refractivity contribution in [3.63, 3.8) is 0 Å². The van der Waals surface area contributed by atoms with Crippen LogP contribution in [0.3, 0.4) is 0 Å². The largest absolute Gasteiger partial charge is 0.484 e. The molecule has 3 N–H and O–H groups in total. The van der Waals surface area contributed by atoms with Gasteiger partial charge in [-0.2, -0.15) is 0 Å². The third-order valence-corrected chi connectivity index (χ3v) is 6.78. The molecule has 0 radical (unpaired) electrons. The van der Waals surface area contributed by atoms with Crippen LogP contribution in [-0.2, 0) is 10.8 Å². The first-order valence-corrected chi connectivity index (χ1v) is 11.8. The van der Waals surface area contributed by atoms with Crippen LogP contribution in [0.1, 0.15) is 86.6 Å². The van der Waals surface area contributed by atoms with Crippen molar-refractivity contribution >= 4 is 0 Å². The molecule has 2 aromatic carbocycles. The predicted molar refractivity (Wildman–Crippen MR) is 136 cm³/mol. The Bertz CT molecular complexity index is 918. The van der Waals surface area contributed by atoms with Crippen molar-refractivity contribution in [2.24, 2.45) is 5.41 Å². The predicted octanol–water partition coefficient (Wildman–Crippen LogP) is 5.60. The fourth-order valence-corrected chi connectivity index (χ4v) is 4.40. The van der Waals surface area contributed by atoms with Crippen molar-refractivity contribution in [2.45, 2.75) is 86.2 Å². The quantitative estimate of drug-likeness (QED) is 0.507. The highest BCUT2D eigenvalue weighted by Gasteiger charge is 2.43. The molecule has 0 spiro atoms. The lowest BCUT2D eigenvalue weighted by molar-refractivity contribution is -0.0750. The Balaban J connectivity index is 2.74. The Labute approximate surface area is 200 Å². The molecule has 0 saturated carbocycles. The number of ether oxygens (including phenoxy) is 1. The van der Waals surface area contributed by atoms with E-state index in [0.29, 0.717) is 0 Å². The van der Waals surface area contributed by atoms with Crippen molar-refractivity contribution in [1.82, 2.24) is 0 Å². The van der Waals surface area contributed by atoms with Gasteiger partial charge in [-0.3, -0.25) is 0 Å². The molecule has 0 aromatic heterocycles. The van der Waals surface area contributed by atoms with Gasteiger partial charge >= 0.3 is 0 Å². The zero-order valence-electron chi connectivity index (χ0n) is 22.3. The third kappa shape index (κ3) is 5.62. The monoisotopic (exact) mass is 456 g/mol. The van der Waals surface area contributed by atoms with E-state index in [1.165, 1.54) is 11.1 Å². The highest BCUT2D eigenvalue weighted by atomic mass is 16.5. The van der Waals surface area contributed by atoms with Crippen LogP contribution in [-0.4, -0.2) is 35.1 Å². The van der Waals surface area contributed by atoms with Gasteiger partial charge in [0.25, 0.3) is 0 Å². The van der Waals surface area contributed by atoms with Gasteiger partial charge in [0.1, 0.15) is 11.9 Å². The van der Waals surface area contributed by atoms with E-state index in [4.69, 9.17) is 4.74 Å². The fourth-order valence-electron chi connectivity index (χ4n) is 4.40. The van der Waals surface area contributed by atoms with Crippen LogP contribution in [0, 0.1) is 33.1 Å². The lowest BCUT2D eigenvalue weighted by atomic mass is 9.76. The second kappa shape index (κ2) is 9.77. The molecular weight excluding hydrogens is 412 g/mol. The summed E-state index contributed by atoms with van der Waals surface area (Å²) in [5.74, 6) is 0.728. The minimum Gasteiger partial charge on any atom is -0.484 e. The number of rotatable bonds is 7. The Morgan fingerprint density at radius 1 is 0.636 bits per heavy atom. The molecule has 33 heavy (non-hydrogen) atoms. The van der Waals surface area contributed by atoms with Gasteiger partial charge in [0.05, 0.1) is 25.2 Å². The van der Waals surface area contributed by atoms with Crippen LogP contribution in [0.5, 0.6) is 5.75 Å². The van der Waals surface area contributed by atoms with E-state index in [1.54, 1.807) is 0 Å². The van der Waals surface area contributed by atoms with E-state index in [9.17, 15) is 15.3 Å². The van der Waals surface area contributed by atoms with Gasteiger partial charge < -0.3 is 20.1 Å². The normalized spacial score (nSPS) is 13.8. The number of hydrogen-bond donors (Lipinski definition) is 3. The van der Waals surface area contributed by atoms with Crippen LogP contribution in [0.25, 0.3) is 0 Å². The average Bonchev–Trinajstić information content (AvgIpc) is 2.69. The fraction of sp³-hybridized carbons (Fsp3) is 0.586. The van der Waals surface area contributed by atoms with Gasteiger partial charge in [-0.25, -0.2) is 0 Å². The van der Waals surface area contributed by atoms with E-state index in [1.807, 2.05) is 27.7 Å². The number of aliphatic hydroxyl groups is 3. The Kier molecular flexibility index (Phi) is 8.10. The lowest BCUT2D eigenvalue weighted by Gasteiger charge is -2.39. The van der Waals surface area contributed by atoms with Gasteiger partial charge in [0.15, 0.2) is 0 Å². The summed E-state index contributed by atoms with van der Waals surface area (Å²) in [5.41, 5.74) is 6.13. The molecule has 2 rings (SSSR count). The molecule has 184 valence electrons. The van der Waals surface area contributed by atoms with E-state index in [2.05, 4.69) is 65.8 Å². The van der Waals surface area contributed by atoms with Crippen molar-refractivity contribution in [3.8, 4) is 5.75 Å². The molecule has 0 fully saturated rings. The third-order valence-electron chi connectivity index (χ3n) is 6.78. The molecule has 0 aliphatic rings. The van der Waals surface area contributed by atoms with Crippen molar-refractivity contribution in [1.29, 1.82) is 0 Å². The van der Waals surface area contributed by atoms with E-state index in [0.717, 1.165) is 33.6 Å². The van der Waals surface area contributed by atoms with Gasteiger partial charge in [-0.15, -0.1) is 0 Å². The van der Waals surface area contributed by atoms with Crippen LogP contribution < -0.4 is 4.74 Å². The highest BCUT2D eigenvalue weighted by molar-refractivity contribution is 5.47. The van der Waals surface area contributed by atoms with Crippen LogP contribution in [0.15, 0.2) is 24.3 Å². The highest BCUT2D eigenvalue weighted by Crippen LogP contribution is 2.43. The summed E-state index contributed by atoms with van der Waals surface area (Å²) in [4.78, 5) is 0. The van der Waals surface area contributed by atoms with Crippen LogP contribution in [0.2, 0.25) is 0 Å². The maximum Gasteiger partial charge on any atom is 0.136 e. The Morgan fingerprint density at radius 2 is 0.970 bits per heavy atom. The maximum absolute atomic E-state index is 10.3. The first-order chi connectivity index (χ1) is 15.1. The number of aryl methyl sites for hydroxylation is 4. The first kappa shape index (κ1) is 27.4. The van der Waals surface area contributed by atoms with Gasteiger partial charge in [0.2, 0.25) is 0 Å². The summed E-state index contributed by atoms with van der Waals surface area (Å²) < 4.78 is 6.68. The topological polar surface area (TPSA) is 69.9 Å². The molecule has 0 aliphatic carbocycles. The van der Waals surface area contributed by atoms with Crippen molar-refractivity contribution in [3.05, 3.63) is 63.2 Å². The minimum atomic E-state index is -1.24. The van der Waals surface area contributed by atoms with Gasteiger partial charge in [0, 0.05) is 0 Å². The molecule has 0 bridgehead atoms. The summed E-state index contributed by atoms with van der Waals surface area (Å²) in [6.07, 6.45) is -0.718. The molecule has 0 aliphatic heterocycles. The molecule has 4 heteroatoms. The second-order valence-corrected chi connectivity index (χ2v) is 11.8. The molecule has 1 unspecified atom stereocenters. The summed E-state index contributed by atoms with van der Waals surface area (Å²) >= 11 is 0. The molecular formula is C29H44O4.